The zero-order valence-electron chi connectivity index (χ0n) is 4.07. The van der Waals surface area contributed by atoms with E-state index < -0.39 is 0 Å². The van der Waals surface area contributed by atoms with Gasteiger partial charge in [-0.05, 0) is 12.8 Å². The van der Waals surface area contributed by atoms with Gasteiger partial charge in [0.1, 0.15) is 0 Å². The fourth-order valence-corrected chi connectivity index (χ4v) is 0.455. The second-order valence-electron chi connectivity index (χ2n) is 1.87. The van der Waals surface area contributed by atoms with Gasteiger partial charge in [-0.25, -0.2) is 0 Å². The van der Waals surface area contributed by atoms with Crippen molar-refractivity contribution < 1.29 is 0 Å². The van der Waals surface area contributed by atoms with Crippen LogP contribution in [0.2, 0.25) is 0 Å². The molecule has 1 aliphatic carbocycles. The highest BCUT2D eigenvalue weighted by Crippen LogP contribution is 2.43. The highest BCUT2D eigenvalue weighted by molar-refractivity contribution is 5.29. The molecule has 0 heteroatoms. The molecule has 0 aliphatic heterocycles. The Hall–Kier alpha value is -0.880. The largest absolute Gasteiger partial charge is 0.118 e. The number of terminal acetylenes is 2. The van der Waals surface area contributed by atoms with Crippen LogP contribution in [-0.4, -0.2) is 0 Å². The molecule has 0 saturated heterocycles. The van der Waals surface area contributed by atoms with Gasteiger partial charge >= 0.3 is 0 Å². The Morgan fingerprint density at radius 2 is 1.57 bits per heavy atom. The first kappa shape index (κ1) is 4.28. The summed E-state index contributed by atoms with van der Waals surface area (Å²) >= 11 is 0. The summed E-state index contributed by atoms with van der Waals surface area (Å²) in [4.78, 5) is 0. The monoisotopic (exact) mass is 90.0 g/mol. The summed E-state index contributed by atoms with van der Waals surface area (Å²) in [5.74, 6) is 5.13. The third kappa shape index (κ3) is 0.487. The van der Waals surface area contributed by atoms with Gasteiger partial charge in [-0.2, -0.15) is 0 Å². The summed E-state index contributed by atoms with van der Waals surface area (Å²) in [6.45, 7) is 0. The molecule has 0 heterocycles. The van der Waals surface area contributed by atoms with E-state index in [0.717, 1.165) is 12.8 Å². The molecular weight excluding hydrogens is 84.1 g/mol. The molecule has 7 heavy (non-hydrogen) atoms. The molecule has 1 saturated carbocycles. The van der Waals surface area contributed by atoms with Crippen LogP contribution in [0.5, 0.6) is 0 Å². The molecule has 0 aromatic rings. The second-order valence-corrected chi connectivity index (χ2v) is 1.87. The van der Waals surface area contributed by atoms with Gasteiger partial charge in [-0.3, -0.25) is 0 Å². The number of rotatable bonds is 0. The second kappa shape index (κ2) is 1.04. The van der Waals surface area contributed by atoms with Crippen LogP contribution in [0.1, 0.15) is 12.8 Å². The van der Waals surface area contributed by atoms with Crippen LogP contribution in [-0.2, 0) is 0 Å². The van der Waals surface area contributed by atoms with Gasteiger partial charge in [0.05, 0.1) is 5.41 Å². The molecular formula is C7H6. The van der Waals surface area contributed by atoms with Crippen molar-refractivity contribution in [2.45, 2.75) is 12.8 Å². The summed E-state index contributed by atoms with van der Waals surface area (Å²) in [7, 11) is 0. The summed E-state index contributed by atoms with van der Waals surface area (Å²) in [6.07, 6.45) is 12.2. The van der Waals surface area contributed by atoms with Crippen molar-refractivity contribution in [3.05, 3.63) is 0 Å². The first-order valence-corrected chi connectivity index (χ1v) is 2.28. The zero-order chi connectivity index (χ0) is 5.33. The third-order valence-corrected chi connectivity index (χ3v) is 1.30. The van der Waals surface area contributed by atoms with Gasteiger partial charge in [-0.1, -0.05) is 11.8 Å². The Bertz CT molecular complexity index is 132. The topological polar surface area (TPSA) is 0 Å². The fraction of sp³-hybridized carbons (Fsp3) is 0.429. The van der Waals surface area contributed by atoms with Gasteiger partial charge in [0.15, 0.2) is 0 Å². The zero-order valence-corrected chi connectivity index (χ0v) is 4.07. The highest BCUT2D eigenvalue weighted by atomic mass is 14.4. The average Bonchev–Trinajstić information content (AvgIpc) is 2.46. The lowest BCUT2D eigenvalue weighted by molar-refractivity contribution is 0.945. The average molecular weight is 90.1 g/mol. The van der Waals surface area contributed by atoms with Crippen molar-refractivity contribution in [2.75, 3.05) is 0 Å². The molecule has 0 unspecified atom stereocenters. The lowest BCUT2D eigenvalue weighted by atomic mass is 10.1. The molecule has 1 rings (SSSR count). The van der Waals surface area contributed by atoms with E-state index in [1.165, 1.54) is 0 Å². The molecule has 0 spiro atoms. The predicted molar refractivity (Wildman–Crippen MR) is 29.3 cm³/mol. The minimum atomic E-state index is -0.111. The van der Waals surface area contributed by atoms with Crippen molar-refractivity contribution in [3.8, 4) is 24.7 Å². The lowest BCUT2D eigenvalue weighted by Crippen LogP contribution is -1.86. The minimum Gasteiger partial charge on any atom is -0.118 e. The van der Waals surface area contributed by atoms with Crippen LogP contribution < -0.4 is 0 Å². The smallest absolute Gasteiger partial charge is 0.0915 e. The molecule has 0 amide bonds. The van der Waals surface area contributed by atoms with E-state index in [2.05, 4.69) is 11.8 Å². The molecule has 1 fully saturated rings. The lowest BCUT2D eigenvalue weighted by Gasteiger charge is -1.87. The van der Waals surface area contributed by atoms with E-state index in [9.17, 15) is 0 Å². The molecule has 0 bridgehead atoms. The van der Waals surface area contributed by atoms with Gasteiger partial charge in [0.25, 0.3) is 0 Å². The Morgan fingerprint density at radius 1 is 1.14 bits per heavy atom. The normalized spacial score (nSPS) is 22.0. The highest BCUT2D eigenvalue weighted by Gasteiger charge is 2.38. The number of hydrogen-bond acceptors (Lipinski definition) is 0. The van der Waals surface area contributed by atoms with Crippen LogP contribution in [0.25, 0.3) is 0 Å². The van der Waals surface area contributed by atoms with E-state index in [1.807, 2.05) is 0 Å². The first-order chi connectivity index (χ1) is 3.33. The van der Waals surface area contributed by atoms with Gasteiger partial charge in [-0.15, -0.1) is 12.8 Å². The molecule has 0 N–H and O–H groups in total. The summed E-state index contributed by atoms with van der Waals surface area (Å²) < 4.78 is 0. The molecule has 0 atom stereocenters. The van der Waals surface area contributed by atoms with Crippen LogP contribution in [0, 0.1) is 30.1 Å². The van der Waals surface area contributed by atoms with Gasteiger partial charge in [0.2, 0.25) is 0 Å². The predicted octanol–water partition coefficient (Wildman–Crippen LogP) is 1.03. The Balaban J connectivity index is 2.70. The maximum Gasteiger partial charge on any atom is 0.0915 e. The Kier molecular flexibility index (Phi) is 0.639. The van der Waals surface area contributed by atoms with E-state index >= 15 is 0 Å². The van der Waals surface area contributed by atoms with E-state index in [-0.39, 0.29) is 5.41 Å². The summed E-state index contributed by atoms with van der Waals surface area (Å²) in [5, 5.41) is 0. The maximum atomic E-state index is 5.09. The Labute approximate surface area is 43.9 Å². The van der Waals surface area contributed by atoms with E-state index in [1.54, 1.807) is 0 Å². The van der Waals surface area contributed by atoms with Crippen molar-refractivity contribution >= 4 is 0 Å². The Morgan fingerprint density at radius 3 is 1.57 bits per heavy atom. The van der Waals surface area contributed by atoms with Crippen LogP contribution in [0.15, 0.2) is 0 Å². The quantitative estimate of drug-likeness (QED) is 0.390. The molecule has 0 aromatic heterocycles. The summed E-state index contributed by atoms with van der Waals surface area (Å²) in [6, 6.07) is 0. The molecule has 0 radical (unpaired) electrons. The van der Waals surface area contributed by atoms with Crippen LogP contribution in [0.3, 0.4) is 0 Å². The maximum absolute atomic E-state index is 5.09. The van der Waals surface area contributed by atoms with Crippen LogP contribution in [0.4, 0.5) is 0 Å². The third-order valence-electron chi connectivity index (χ3n) is 1.30. The van der Waals surface area contributed by atoms with Crippen LogP contribution >= 0.6 is 0 Å². The van der Waals surface area contributed by atoms with Gasteiger partial charge in [0, 0.05) is 0 Å². The van der Waals surface area contributed by atoms with Crippen molar-refractivity contribution in [1.82, 2.24) is 0 Å². The van der Waals surface area contributed by atoms with Gasteiger partial charge < -0.3 is 0 Å². The van der Waals surface area contributed by atoms with E-state index in [0.29, 0.717) is 0 Å². The number of hydrogen-bond donors (Lipinski definition) is 0. The van der Waals surface area contributed by atoms with E-state index in [4.69, 9.17) is 12.8 Å². The first-order valence-electron chi connectivity index (χ1n) is 2.28. The van der Waals surface area contributed by atoms with Crippen molar-refractivity contribution in [3.63, 3.8) is 0 Å². The standard InChI is InChI=1S/C7H6/c1-3-7(4-2)5-6-7/h1-2H,5-6H2. The molecule has 0 nitrogen and oxygen atoms in total. The molecule has 0 aromatic carbocycles. The minimum absolute atomic E-state index is 0.111. The SMILES string of the molecule is C#CC1(C#C)CC1. The fourth-order valence-electron chi connectivity index (χ4n) is 0.455. The van der Waals surface area contributed by atoms with Crippen molar-refractivity contribution in [2.24, 2.45) is 5.41 Å². The van der Waals surface area contributed by atoms with Crippen molar-refractivity contribution in [1.29, 1.82) is 0 Å². The summed E-state index contributed by atoms with van der Waals surface area (Å²) in [5.41, 5.74) is -0.111. The molecule has 1 aliphatic rings. The molecule has 34 valence electrons.